The van der Waals surface area contributed by atoms with Crippen molar-refractivity contribution in [2.75, 3.05) is 26.7 Å². The standard InChI is InChI=1S/C17H25N3O/c1-18-10-13-5-4-8-20(12-13)17(21)16-9-14-6-2-3-7-15(14)11-19-16/h2-3,6-7,13,16,18-19H,4-5,8-12H2,1H3/t13-,16+/m0/s1. The fraction of sp³-hybridized carbons (Fsp3) is 0.588. The molecule has 0 aromatic heterocycles. The van der Waals surface area contributed by atoms with Crippen LogP contribution in [0.2, 0.25) is 0 Å². The van der Waals surface area contributed by atoms with Crippen molar-refractivity contribution in [3.63, 3.8) is 0 Å². The Kier molecular flexibility index (Phi) is 4.56. The average molecular weight is 287 g/mol. The zero-order valence-corrected chi connectivity index (χ0v) is 12.8. The molecular weight excluding hydrogens is 262 g/mol. The Hall–Kier alpha value is -1.39. The molecule has 2 aliphatic heterocycles. The Balaban J connectivity index is 1.63. The molecule has 0 radical (unpaired) electrons. The molecule has 0 saturated carbocycles. The normalized spacial score (nSPS) is 25.5. The molecule has 2 heterocycles. The average Bonchev–Trinajstić information content (AvgIpc) is 2.54. The first kappa shape index (κ1) is 14.5. The van der Waals surface area contributed by atoms with Crippen LogP contribution in [0.15, 0.2) is 24.3 Å². The van der Waals surface area contributed by atoms with E-state index in [4.69, 9.17) is 0 Å². The molecule has 0 aliphatic carbocycles. The number of nitrogens with zero attached hydrogens (tertiary/aromatic N) is 1. The van der Waals surface area contributed by atoms with Crippen molar-refractivity contribution in [3.8, 4) is 0 Å². The van der Waals surface area contributed by atoms with Crippen molar-refractivity contribution < 1.29 is 4.79 Å². The molecule has 4 heteroatoms. The zero-order chi connectivity index (χ0) is 14.7. The summed E-state index contributed by atoms with van der Waals surface area (Å²) in [6.07, 6.45) is 3.18. The first-order chi connectivity index (χ1) is 10.3. The third-order valence-electron chi connectivity index (χ3n) is 4.70. The van der Waals surface area contributed by atoms with E-state index in [9.17, 15) is 4.79 Å². The zero-order valence-electron chi connectivity index (χ0n) is 12.8. The number of hydrogen-bond donors (Lipinski definition) is 2. The summed E-state index contributed by atoms with van der Waals surface area (Å²) < 4.78 is 0. The summed E-state index contributed by atoms with van der Waals surface area (Å²) in [6.45, 7) is 3.63. The summed E-state index contributed by atoms with van der Waals surface area (Å²) in [4.78, 5) is 14.8. The van der Waals surface area contributed by atoms with Crippen LogP contribution >= 0.6 is 0 Å². The molecule has 1 aromatic carbocycles. The van der Waals surface area contributed by atoms with Gasteiger partial charge < -0.3 is 15.5 Å². The van der Waals surface area contributed by atoms with Gasteiger partial charge in [-0.15, -0.1) is 0 Å². The second-order valence-corrected chi connectivity index (χ2v) is 6.26. The minimum atomic E-state index is -0.0479. The lowest BCUT2D eigenvalue weighted by atomic mass is 9.93. The van der Waals surface area contributed by atoms with E-state index in [1.54, 1.807) is 0 Å². The molecule has 0 bridgehead atoms. The fourth-order valence-electron chi connectivity index (χ4n) is 3.57. The van der Waals surface area contributed by atoms with E-state index >= 15 is 0 Å². The summed E-state index contributed by atoms with van der Waals surface area (Å²) in [5.41, 5.74) is 2.65. The van der Waals surface area contributed by atoms with Gasteiger partial charge in [-0.3, -0.25) is 4.79 Å². The molecule has 3 rings (SSSR count). The second kappa shape index (κ2) is 6.58. The predicted octanol–water partition coefficient (Wildman–Crippen LogP) is 1.16. The number of fused-ring (bicyclic) bond motifs is 1. The van der Waals surface area contributed by atoms with Crippen LogP contribution < -0.4 is 10.6 Å². The van der Waals surface area contributed by atoms with Crippen molar-refractivity contribution in [1.29, 1.82) is 0 Å². The van der Waals surface area contributed by atoms with E-state index in [-0.39, 0.29) is 11.9 Å². The van der Waals surface area contributed by atoms with Gasteiger partial charge in [0.2, 0.25) is 5.91 Å². The van der Waals surface area contributed by atoms with Gasteiger partial charge in [-0.25, -0.2) is 0 Å². The van der Waals surface area contributed by atoms with E-state index in [0.29, 0.717) is 5.92 Å². The molecule has 1 fully saturated rings. The predicted molar refractivity (Wildman–Crippen MR) is 84.0 cm³/mol. The van der Waals surface area contributed by atoms with Crippen molar-refractivity contribution in [3.05, 3.63) is 35.4 Å². The van der Waals surface area contributed by atoms with Crippen LogP contribution in [0.4, 0.5) is 0 Å². The van der Waals surface area contributed by atoms with Crippen LogP contribution in [0.3, 0.4) is 0 Å². The molecule has 0 unspecified atom stereocenters. The molecule has 1 aromatic rings. The Labute approximate surface area is 126 Å². The summed E-state index contributed by atoms with van der Waals surface area (Å²) in [7, 11) is 1.99. The highest BCUT2D eigenvalue weighted by molar-refractivity contribution is 5.82. The number of carbonyl (C=O) groups is 1. The van der Waals surface area contributed by atoms with E-state index in [2.05, 4.69) is 39.8 Å². The third kappa shape index (κ3) is 3.27. The second-order valence-electron chi connectivity index (χ2n) is 6.26. The van der Waals surface area contributed by atoms with E-state index < -0.39 is 0 Å². The van der Waals surface area contributed by atoms with Crippen molar-refractivity contribution >= 4 is 5.91 Å². The molecule has 114 valence electrons. The molecule has 2 aliphatic rings. The number of nitrogens with one attached hydrogen (secondary N) is 2. The number of hydrogen-bond acceptors (Lipinski definition) is 3. The largest absolute Gasteiger partial charge is 0.341 e. The van der Waals surface area contributed by atoms with Crippen LogP contribution in [-0.4, -0.2) is 43.5 Å². The minimum absolute atomic E-state index is 0.0479. The Bertz CT molecular complexity index is 501. The summed E-state index contributed by atoms with van der Waals surface area (Å²) >= 11 is 0. The number of likely N-dealkylation sites (tertiary alicyclic amines) is 1. The van der Waals surface area contributed by atoms with Gasteiger partial charge in [0.25, 0.3) is 0 Å². The first-order valence-electron chi connectivity index (χ1n) is 8.01. The van der Waals surface area contributed by atoms with Crippen molar-refractivity contribution in [1.82, 2.24) is 15.5 Å². The highest BCUT2D eigenvalue weighted by atomic mass is 16.2. The van der Waals surface area contributed by atoms with Crippen LogP contribution in [0.5, 0.6) is 0 Å². The topological polar surface area (TPSA) is 44.4 Å². The maximum atomic E-state index is 12.8. The molecule has 2 N–H and O–H groups in total. The summed E-state index contributed by atoms with van der Waals surface area (Å²) in [5.74, 6) is 0.883. The maximum absolute atomic E-state index is 12.8. The molecule has 4 nitrogen and oxygen atoms in total. The van der Waals surface area contributed by atoms with Crippen LogP contribution in [0, 0.1) is 5.92 Å². The van der Waals surface area contributed by atoms with Gasteiger partial charge in [0, 0.05) is 19.6 Å². The number of piperidine rings is 1. The quantitative estimate of drug-likeness (QED) is 0.877. The lowest BCUT2D eigenvalue weighted by molar-refractivity contribution is -0.135. The van der Waals surface area contributed by atoms with Gasteiger partial charge >= 0.3 is 0 Å². The lowest BCUT2D eigenvalue weighted by Gasteiger charge is -2.36. The van der Waals surface area contributed by atoms with Gasteiger partial charge in [0.1, 0.15) is 0 Å². The number of carbonyl (C=O) groups excluding carboxylic acids is 1. The molecular formula is C17H25N3O. The number of amides is 1. The number of benzene rings is 1. The molecule has 2 atom stereocenters. The first-order valence-corrected chi connectivity index (χ1v) is 8.01. The summed E-state index contributed by atoms with van der Waals surface area (Å²) in [5, 5.41) is 6.65. The maximum Gasteiger partial charge on any atom is 0.240 e. The van der Waals surface area contributed by atoms with Crippen LogP contribution in [-0.2, 0) is 17.8 Å². The minimum Gasteiger partial charge on any atom is -0.341 e. The lowest BCUT2D eigenvalue weighted by Crippen LogP contribution is -2.52. The van der Waals surface area contributed by atoms with Crippen LogP contribution in [0.25, 0.3) is 0 Å². The Morgan fingerprint density at radius 2 is 2.19 bits per heavy atom. The Morgan fingerprint density at radius 3 is 3.00 bits per heavy atom. The molecule has 1 amide bonds. The number of rotatable bonds is 3. The van der Waals surface area contributed by atoms with Gasteiger partial charge in [-0.2, -0.15) is 0 Å². The molecule has 0 spiro atoms. The van der Waals surface area contributed by atoms with Crippen LogP contribution in [0.1, 0.15) is 24.0 Å². The SMILES string of the molecule is CNC[C@@H]1CCCN(C(=O)[C@H]2Cc3ccccc3CN2)C1. The van der Waals surface area contributed by atoms with Crippen molar-refractivity contribution in [2.24, 2.45) is 5.92 Å². The van der Waals surface area contributed by atoms with E-state index in [1.165, 1.54) is 17.5 Å². The van der Waals surface area contributed by atoms with Gasteiger partial charge in [0.05, 0.1) is 6.04 Å². The van der Waals surface area contributed by atoms with Gasteiger partial charge in [0.15, 0.2) is 0 Å². The third-order valence-corrected chi connectivity index (χ3v) is 4.70. The smallest absolute Gasteiger partial charge is 0.240 e. The summed E-state index contributed by atoms with van der Waals surface area (Å²) in [6, 6.07) is 8.38. The molecule has 1 saturated heterocycles. The van der Waals surface area contributed by atoms with Gasteiger partial charge in [-0.1, -0.05) is 24.3 Å². The fourth-order valence-corrected chi connectivity index (χ4v) is 3.57. The van der Waals surface area contributed by atoms with Gasteiger partial charge in [-0.05, 0) is 49.9 Å². The van der Waals surface area contributed by atoms with Crippen molar-refractivity contribution in [2.45, 2.75) is 31.8 Å². The van der Waals surface area contributed by atoms with E-state index in [1.807, 2.05) is 7.05 Å². The highest BCUT2D eigenvalue weighted by Crippen LogP contribution is 2.20. The highest BCUT2D eigenvalue weighted by Gasteiger charge is 2.30. The molecule has 21 heavy (non-hydrogen) atoms. The Morgan fingerprint density at radius 1 is 1.38 bits per heavy atom. The van der Waals surface area contributed by atoms with E-state index in [0.717, 1.165) is 39.0 Å². The monoisotopic (exact) mass is 287 g/mol.